The molecule has 0 atom stereocenters. The largest absolute Gasteiger partial charge is 0.357 e. The number of amides is 1. The van der Waals surface area contributed by atoms with Crippen molar-refractivity contribution < 1.29 is 4.79 Å². The van der Waals surface area contributed by atoms with E-state index in [9.17, 15) is 19.6 Å². The summed E-state index contributed by atoms with van der Waals surface area (Å²) in [6, 6.07) is 11.3. The minimum absolute atomic E-state index is 0.0720. The first-order chi connectivity index (χ1) is 19.2. The number of anilines is 2. The van der Waals surface area contributed by atoms with E-state index in [1.165, 1.54) is 9.58 Å². The topological polar surface area (TPSA) is 96.3 Å². The van der Waals surface area contributed by atoms with Crippen LogP contribution in [0.5, 0.6) is 0 Å². The number of thioether (sulfide) groups is 1. The number of nitriles is 1. The molecule has 40 heavy (non-hydrogen) atoms. The molecule has 9 nitrogen and oxygen atoms in total. The molecule has 206 valence electrons. The molecule has 0 N–H and O–H groups in total. The summed E-state index contributed by atoms with van der Waals surface area (Å²) in [5.41, 5.74) is 2.11. The maximum Gasteiger partial charge on any atom is 0.296 e. The average molecular weight is 575 g/mol. The molecule has 2 fully saturated rings. The summed E-state index contributed by atoms with van der Waals surface area (Å²) in [7, 11) is 1.77. The second-order valence-electron chi connectivity index (χ2n) is 9.93. The lowest BCUT2D eigenvalue weighted by Crippen LogP contribution is -2.33. The van der Waals surface area contributed by atoms with Gasteiger partial charge in [0.2, 0.25) is 0 Å². The van der Waals surface area contributed by atoms with Crippen LogP contribution in [0.25, 0.3) is 11.8 Å². The number of thiocarbonyl (C=S) groups is 1. The van der Waals surface area contributed by atoms with Crippen molar-refractivity contribution in [3.63, 3.8) is 0 Å². The van der Waals surface area contributed by atoms with Gasteiger partial charge in [-0.2, -0.15) is 5.26 Å². The molecule has 2 aromatic heterocycles. The molecule has 2 aliphatic rings. The molecule has 0 spiro atoms. The van der Waals surface area contributed by atoms with Crippen LogP contribution < -0.4 is 20.9 Å². The van der Waals surface area contributed by atoms with Gasteiger partial charge in [0.15, 0.2) is 4.32 Å². The molecule has 0 saturated carbocycles. The van der Waals surface area contributed by atoms with E-state index in [0.29, 0.717) is 34.0 Å². The third-order valence-electron chi connectivity index (χ3n) is 7.52. The van der Waals surface area contributed by atoms with E-state index in [-0.39, 0.29) is 26.7 Å². The van der Waals surface area contributed by atoms with Crippen LogP contribution in [-0.4, -0.2) is 37.2 Å². The molecule has 2 aliphatic heterocycles. The van der Waals surface area contributed by atoms with Gasteiger partial charge in [0.25, 0.3) is 17.0 Å². The van der Waals surface area contributed by atoms with Crippen LogP contribution in [0.3, 0.4) is 0 Å². The summed E-state index contributed by atoms with van der Waals surface area (Å²) in [4.78, 5) is 44.7. The van der Waals surface area contributed by atoms with Gasteiger partial charge in [-0.05, 0) is 56.9 Å². The highest BCUT2D eigenvalue weighted by atomic mass is 32.2. The van der Waals surface area contributed by atoms with E-state index < -0.39 is 5.91 Å². The quantitative estimate of drug-likeness (QED) is 0.321. The van der Waals surface area contributed by atoms with Gasteiger partial charge in [0.1, 0.15) is 23.1 Å². The maximum atomic E-state index is 13.9. The Morgan fingerprint density at radius 2 is 1.75 bits per heavy atom. The third-order valence-corrected chi connectivity index (χ3v) is 8.82. The van der Waals surface area contributed by atoms with Crippen molar-refractivity contribution in [1.82, 2.24) is 13.9 Å². The lowest BCUT2D eigenvalue weighted by Gasteiger charge is -2.26. The number of nitrogens with zero attached hydrogens (tertiary/aromatic N) is 6. The zero-order valence-electron chi connectivity index (χ0n) is 22.9. The fourth-order valence-electron chi connectivity index (χ4n) is 5.45. The zero-order chi connectivity index (χ0) is 28.7. The highest BCUT2D eigenvalue weighted by Crippen LogP contribution is 2.39. The minimum atomic E-state index is -0.403. The molecule has 1 aromatic carbocycles. The van der Waals surface area contributed by atoms with E-state index in [2.05, 4.69) is 11.0 Å². The van der Waals surface area contributed by atoms with Crippen LogP contribution in [0.1, 0.15) is 48.6 Å². The molecule has 0 radical (unpaired) electrons. The lowest BCUT2D eigenvalue weighted by molar-refractivity contribution is -0.113. The minimum Gasteiger partial charge on any atom is -0.357 e. The number of carbonyl (C=O) groups excluding carboxylic acids is 1. The predicted molar refractivity (Wildman–Crippen MR) is 163 cm³/mol. The first-order valence-electron chi connectivity index (χ1n) is 13.3. The Balaban J connectivity index is 1.66. The van der Waals surface area contributed by atoms with Crippen molar-refractivity contribution in [2.24, 2.45) is 7.05 Å². The number of hydrogen-bond acceptors (Lipinski definition) is 7. The van der Waals surface area contributed by atoms with Crippen molar-refractivity contribution in [2.45, 2.75) is 46.6 Å². The van der Waals surface area contributed by atoms with Crippen LogP contribution >= 0.6 is 24.0 Å². The molecule has 2 saturated heterocycles. The average Bonchev–Trinajstić information content (AvgIpc) is 3.62. The molecular weight excluding hydrogens is 544 g/mol. The van der Waals surface area contributed by atoms with Crippen LogP contribution in [-0.2, 0) is 18.4 Å². The van der Waals surface area contributed by atoms with E-state index >= 15 is 0 Å². The van der Waals surface area contributed by atoms with E-state index in [0.717, 1.165) is 49.9 Å². The third kappa shape index (κ3) is 4.41. The highest BCUT2D eigenvalue weighted by Gasteiger charge is 2.38. The molecule has 3 aromatic rings. The Morgan fingerprint density at radius 3 is 2.38 bits per heavy atom. The summed E-state index contributed by atoms with van der Waals surface area (Å²) in [6.45, 7) is 7.57. The van der Waals surface area contributed by atoms with Crippen molar-refractivity contribution in [3.05, 3.63) is 78.3 Å². The molecule has 0 unspecified atom stereocenters. The lowest BCUT2D eigenvalue weighted by atomic mass is 10.0. The van der Waals surface area contributed by atoms with Crippen LogP contribution in [0.4, 0.5) is 11.5 Å². The molecule has 4 heterocycles. The molecule has 0 aliphatic carbocycles. The Kier molecular flexibility index (Phi) is 7.57. The van der Waals surface area contributed by atoms with E-state index in [1.807, 2.05) is 37.3 Å². The number of rotatable bonds is 6. The van der Waals surface area contributed by atoms with Crippen molar-refractivity contribution in [2.75, 3.05) is 22.9 Å². The number of hydrogen-bond donors (Lipinski definition) is 0. The van der Waals surface area contributed by atoms with Gasteiger partial charge in [-0.1, -0.05) is 49.1 Å². The number of aromatic nitrogens is 3. The molecule has 5 rings (SSSR count). The van der Waals surface area contributed by atoms with Gasteiger partial charge in [-0.15, -0.1) is 0 Å². The molecule has 0 bridgehead atoms. The maximum absolute atomic E-state index is 13.9. The first-order valence-corrected chi connectivity index (χ1v) is 14.5. The molecular formula is C29H30N6O3S2. The van der Waals surface area contributed by atoms with Crippen molar-refractivity contribution >= 4 is 51.8 Å². The van der Waals surface area contributed by atoms with E-state index in [4.69, 9.17) is 12.2 Å². The van der Waals surface area contributed by atoms with Gasteiger partial charge < -0.3 is 4.90 Å². The summed E-state index contributed by atoms with van der Waals surface area (Å²) < 4.78 is 5.15. The van der Waals surface area contributed by atoms with Gasteiger partial charge in [0, 0.05) is 32.2 Å². The van der Waals surface area contributed by atoms with Crippen molar-refractivity contribution in [3.8, 4) is 11.8 Å². The van der Waals surface area contributed by atoms with Crippen molar-refractivity contribution in [1.29, 1.82) is 5.26 Å². The number of pyridine rings is 1. The first kappa shape index (κ1) is 27.7. The second kappa shape index (κ2) is 10.9. The van der Waals surface area contributed by atoms with Gasteiger partial charge in [-0.3, -0.25) is 28.5 Å². The normalized spacial score (nSPS) is 16.4. The number of benzene rings is 1. The summed E-state index contributed by atoms with van der Waals surface area (Å²) in [5, 5.41) is 9.86. The van der Waals surface area contributed by atoms with E-state index in [1.54, 1.807) is 36.2 Å². The second-order valence-corrected chi connectivity index (χ2v) is 11.6. The standard InChI is InChI=1S/C29H30N6O3S2/c1-5-13-33-25(32-14-9-10-15-32)21(18(2)22(17-30)26(33)36)16-23-27(37)34(29(39)40-23)24-19(3)31(4)35(28(24)38)20-11-7-6-8-12-20/h6-8,11-12,16H,5,9-10,13-15H2,1-4H3/b23-16+. The fraction of sp³-hybridized carbons (Fsp3) is 0.345. The molecule has 11 heteroatoms. The van der Waals surface area contributed by atoms with Crippen LogP contribution in [0.15, 0.2) is 44.8 Å². The number of para-hydroxylation sites is 1. The monoisotopic (exact) mass is 574 g/mol. The highest BCUT2D eigenvalue weighted by molar-refractivity contribution is 8.27. The zero-order valence-corrected chi connectivity index (χ0v) is 24.6. The van der Waals surface area contributed by atoms with Gasteiger partial charge in [0.05, 0.1) is 16.3 Å². The van der Waals surface area contributed by atoms with Crippen LogP contribution in [0.2, 0.25) is 0 Å². The summed E-state index contributed by atoms with van der Waals surface area (Å²) >= 11 is 6.76. The van der Waals surface area contributed by atoms with Gasteiger partial charge in [-0.25, -0.2) is 4.68 Å². The fourth-order valence-corrected chi connectivity index (χ4v) is 6.70. The Hall–Kier alpha value is -3.88. The van der Waals surface area contributed by atoms with Gasteiger partial charge >= 0.3 is 0 Å². The smallest absolute Gasteiger partial charge is 0.296 e. The van der Waals surface area contributed by atoms with Crippen LogP contribution in [0, 0.1) is 25.2 Å². The summed E-state index contributed by atoms with van der Waals surface area (Å²) in [6.07, 6.45) is 4.46. The Labute approximate surface area is 241 Å². The Morgan fingerprint density at radius 1 is 1.07 bits per heavy atom. The summed E-state index contributed by atoms with van der Waals surface area (Å²) in [5.74, 6) is 0.327. The number of carbonyl (C=O) groups is 1. The SMILES string of the molecule is CCCn1c(N2CCCC2)c(/C=C2/SC(=S)N(c3c(C)n(C)n(-c4ccccc4)c3=O)C2=O)c(C)c(C#N)c1=O. The predicted octanol–water partition coefficient (Wildman–Crippen LogP) is 4.24. The Bertz CT molecular complexity index is 1720. The molecule has 1 amide bonds.